The van der Waals surface area contributed by atoms with Crippen molar-refractivity contribution in [1.82, 2.24) is 10.6 Å². The number of nitrogens with one attached hydrogen (secondary N) is 2. The quantitative estimate of drug-likeness (QED) is 0.873. The van der Waals surface area contributed by atoms with Gasteiger partial charge in [0, 0.05) is 16.6 Å². The van der Waals surface area contributed by atoms with Gasteiger partial charge in [0.05, 0.1) is 11.7 Å². The Labute approximate surface area is 134 Å². The molecule has 0 radical (unpaired) electrons. The molecule has 2 atom stereocenters. The van der Waals surface area contributed by atoms with Crippen molar-refractivity contribution in [2.45, 2.75) is 51.8 Å². The van der Waals surface area contributed by atoms with Crippen LogP contribution >= 0.6 is 15.9 Å². The first-order valence-electron chi connectivity index (χ1n) is 7.46. The summed E-state index contributed by atoms with van der Waals surface area (Å²) >= 11 is 3.42. The van der Waals surface area contributed by atoms with Crippen LogP contribution < -0.4 is 15.4 Å². The van der Waals surface area contributed by atoms with Crippen molar-refractivity contribution in [2.75, 3.05) is 6.54 Å². The summed E-state index contributed by atoms with van der Waals surface area (Å²) in [5.41, 5.74) is 0.595. The molecule has 1 fully saturated rings. The molecule has 1 aliphatic heterocycles. The maximum Gasteiger partial charge on any atom is 0.255 e. The van der Waals surface area contributed by atoms with Crippen LogP contribution in [0.3, 0.4) is 0 Å². The number of amides is 1. The van der Waals surface area contributed by atoms with Crippen LogP contribution in [-0.2, 0) is 0 Å². The summed E-state index contributed by atoms with van der Waals surface area (Å²) in [4.78, 5) is 12.5. The first-order valence-corrected chi connectivity index (χ1v) is 8.25. The van der Waals surface area contributed by atoms with Crippen LogP contribution in [0.15, 0.2) is 22.7 Å². The van der Waals surface area contributed by atoms with Gasteiger partial charge in [-0.3, -0.25) is 4.79 Å². The third-order valence-electron chi connectivity index (χ3n) is 3.51. The molecule has 0 aromatic heterocycles. The Morgan fingerprint density at radius 2 is 2.24 bits per heavy atom. The second kappa shape index (κ2) is 7.27. The van der Waals surface area contributed by atoms with E-state index in [2.05, 4.69) is 33.5 Å². The van der Waals surface area contributed by atoms with Gasteiger partial charge < -0.3 is 15.4 Å². The van der Waals surface area contributed by atoms with Gasteiger partial charge in [0.2, 0.25) is 0 Å². The predicted octanol–water partition coefficient (Wildman–Crippen LogP) is 3.11. The summed E-state index contributed by atoms with van der Waals surface area (Å²) in [6, 6.07) is 6.19. The van der Waals surface area contributed by atoms with Crippen molar-refractivity contribution in [1.29, 1.82) is 0 Å². The van der Waals surface area contributed by atoms with Crippen molar-refractivity contribution >= 4 is 21.8 Å². The molecule has 1 amide bonds. The van der Waals surface area contributed by atoms with E-state index in [1.165, 1.54) is 0 Å². The van der Waals surface area contributed by atoms with Crippen LogP contribution in [0.5, 0.6) is 5.75 Å². The van der Waals surface area contributed by atoms with E-state index < -0.39 is 0 Å². The highest BCUT2D eigenvalue weighted by Gasteiger charge is 2.22. The Balaban J connectivity index is 2.10. The summed E-state index contributed by atoms with van der Waals surface area (Å²) < 4.78 is 6.66. The van der Waals surface area contributed by atoms with Gasteiger partial charge in [-0.1, -0.05) is 15.9 Å². The summed E-state index contributed by atoms with van der Waals surface area (Å²) in [6.07, 6.45) is 1.96. The predicted molar refractivity (Wildman–Crippen MR) is 87.9 cm³/mol. The van der Waals surface area contributed by atoms with Crippen LogP contribution in [0.25, 0.3) is 0 Å². The normalized spacial score (nSPS) is 22.1. The van der Waals surface area contributed by atoms with E-state index in [-0.39, 0.29) is 18.1 Å². The van der Waals surface area contributed by atoms with Crippen molar-refractivity contribution in [3.63, 3.8) is 0 Å². The Morgan fingerprint density at radius 3 is 2.90 bits per heavy atom. The number of hydrogen-bond acceptors (Lipinski definition) is 3. The van der Waals surface area contributed by atoms with Crippen molar-refractivity contribution in [2.24, 2.45) is 0 Å². The smallest absolute Gasteiger partial charge is 0.255 e. The van der Waals surface area contributed by atoms with Crippen LogP contribution in [0.1, 0.15) is 44.0 Å². The Hall–Kier alpha value is -1.07. The molecule has 1 aromatic carbocycles. The summed E-state index contributed by atoms with van der Waals surface area (Å²) in [7, 11) is 0. The van der Waals surface area contributed by atoms with Crippen molar-refractivity contribution < 1.29 is 9.53 Å². The van der Waals surface area contributed by atoms with E-state index >= 15 is 0 Å². The second-order valence-corrected chi connectivity index (χ2v) is 6.77. The first-order chi connectivity index (χ1) is 9.95. The molecule has 4 nitrogen and oxygen atoms in total. The minimum atomic E-state index is -0.0581. The third-order valence-corrected chi connectivity index (χ3v) is 4.00. The molecule has 0 aliphatic carbocycles. The van der Waals surface area contributed by atoms with Gasteiger partial charge in [-0.2, -0.15) is 0 Å². The Bertz CT molecular complexity index is 505. The number of hydrogen-bond donors (Lipinski definition) is 2. The fourth-order valence-electron chi connectivity index (χ4n) is 2.56. The number of ether oxygens (including phenoxy) is 1. The number of carbonyl (C=O) groups is 1. The van der Waals surface area contributed by atoms with Crippen LogP contribution in [0, 0.1) is 0 Å². The SMILES string of the molecule is CC1CC(NC(=O)c2ccc(Br)cc2OC(C)C)CCN1. The lowest BCUT2D eigenvalue weighted by atomic mass is 10.00. The van der Waals surface area contributed by atoms with Gasteiger partial charge in [0.15, 0.2) is 0 Å². The fourth-order valence-corrected chi connectivity index (χ4v) is 2.90. The lowest BCUT2D eigenvalue weighted by Gasteiger charge is -2.29. The van der Waals surface area contributed by atoms with Gasteiger partial charge in [0.25, 0.3) is 5.91 Å². The molecule has 1 saturated heterocycles. The maximum absolute atomic E-state index is 12.5. The van der Waals surface area contributed by atoms with E-state index in [0.29, 0.717) is 17.4 Å². The van der Waals surface area contributed by atoms with E-state index in [1.807, 2.05) is 32.0 Å². The van der Waals surface area contributed by atoms with Crippen LogP contribution in [0.2, 0.25) is 0 Å². The molecule has 21 heavy (non-hydrogen) atoms. The number of benzene rings is 1. The topological polar surface area (TPSA) is 50.4 Å². The Morgan fingerprint density at radius 1 is 1.48 bits per heavy atom. The lowest BCUT2D eigenvalue weighted by molar-refractivity contribution is 0.0920. The second-order valence-electron chi connectivity index (χ2n) is 5.86. The van der Waals surface area contributed by atoms with Crippen LogP contribution in [0.4, 0.5) is 0 Å². The molecule has 1 aromatic rings. The largest absolute Gasteiger partial charge is 0.490 e. The third kappa shape index (κ3) is 4.71. The van der Waals surface area contributed by atoms with Gasteiger partial charge >= 0.3 is 0 Å². The van der Waals surface area contributed by atoms with Gasteiger partial charge in [-0.05, 0) is 58.4 Å². The summed E-state index contributed by atoms with van der Waals surface area (Å²) in [6.45, 7) is 7.00. The number of halogens is 1. The van der Waals surface area contributed by atoms with Gasteiger partial charge in [0.1, 0.15) is 5.75 Å². The molecule has 2 rings (SSSR count). The van der Waals surface area contributed by atoms with E-state index in [9.17, 15) is 4.79 Å². The van der Waals surface area contributed by atoms with Gasteiger partial charge in [-0.25, -0.2) is 0 Å². The fraction of sp³-hybridized carbons (Fsp3) is 0.562. The molecule has 1 aliphatic rings. The van der Waals surface area contributed by atoms with E-state index in [1.54, 1.807) is 0 Å². The van der Waals surface area contributed by atoms with E-state index in [0.717, 1.165) is 23.9 Å². The lowest BCUT2D eigenvalue weighted by Crippen LogP contribution is -2.46. The molecular weight excluding hydrogens is 332 g/mol. The molecule has 5 heteroatoms. The van der Waals surface area contributed by atoms with Crippen LogP contribution in [-0.4, -0.2) is 30.6 Å². The molecule has 116 valence electrons. The minimum absolute atomic E-state index is 0.0322. The molecule has 0 saturated carbocycles. The first kappa shape index (κ1) is 16.3. The molecule has 2 N–H and O–H groups in total. The zero-order valence-corrected chi connectivity index (χ0v) is 14.4. The molecule has 1 heterocycles. The molecular formula is C16H23BrN2O2. The number of carbonyl (C=O) groups excluding carboxylic acids is 1. The number of piperidine rings is 1. The molecule has 0 bridgehead atoms. The molecule has 0 spiro atoms. The monoisotopic (exact) mass is 354 g/mol. The highest BCUT2D eigenvalue weighted by atomic mass is 79.9. The zero-order valence-electron chi connectivity index (χ0n) is 12.8. The highest BCUT2D eigenvalue weighted by molar-refractivity contribution is 9.10. The highest BCUT2D eigenvalue weighted by Crippen LogP contribution is 2.25. The Kier molecular flexibility index (Phi) is 5.65. The zero-order chi connectivity index (χ0) is 15.4. The summed E-state index contributed by atoms with van der Waals surface area (Å²) in [5, 5.41) is 6.51. The average Bonchev–Trinajstić information content (AvgIpc) is 2.37. The number of rotatable bonds is 4. The summed E-state index contributed by atoms with van der Waals surface area (Å²) in [5.74, 6) is 0.566. The molecule has 2 unspecified atom stereocenters. The van der Waals surface area contributed by atoms with Crippen molar-refractivity contribution in [3.8, 4) is 5.75 Å². The van der Waals surface area contributed by atoms with E-state index in [4.69, 9.17) is 4.74 Å². The van der Waals surface area contributed by atoms with Crippen molar-refractivity contribution in [3.05, 3.63) is 28.2 Å². The maximum atomic E-state index is 12.5. The minimum Gasteiger partial charge on any atom is -0.490 e. The average molecular weight is 355 g/mol. The van der Waals surface area contributed by atoms with Gasteiger partial charge in [-0.15, -0.1) is 0 Å². The standard InChI is InChI=1S/C16H23BrN2O2/c1-10(2)21-15-9-12(17)4-5-14(15)16(20)19-13-6-7-18-11(3)8-13/h4-5,9-11,13,18H,6-8H2,1-3H3,(H,19,20).